The van der Waals surface area contributed by atoms with E-state index < -0.39 is 0 Å². The monoisotopic (exact) mass is 208 g/mol. The second-order valence-electron chi connectivity index (χ2n) is 4.73. The SMILES string of the molecule is CC(OC(C)(C)C)[SiH2]c1ccccc1. The quantitative estimate of drug-likeness (QED) is 0.686. The molecule has 2 heteroatoms. The minimum atomic E-state index is -0.289. The van der Waals surface area contributed by atoms with Crippen molar-refractivity contribution in [1.82, 2.24) is 0 Å². The zero-order valence-electron chi connectivity index (χ0n) is 9.58. The van der Waals surface area contributed by atoms with Gasteiger partial charge in [-0.05, 0) is 27.7 Å². The van der Waals surface area contributed by atoms with E-state index in [1.165, 1.54) is 5.19 Å². The van der Waals surface area contributed by atoms with Gasteiger partial charge < -0.3 is 4.74 Å². The number of benzene rings is 1. The highest BCUT2D eigenvalue weighted by Gasteiger charge is 2.15. The van der Waals surface area contributed by atoms with Crippen molar-refractivity contribution in [2.45, 2.75) is 39.0 Å². The summed E-state index contributed by atoms with van der Waals surface area (Å²) in [5.74, 6) is 0. The molecule has 0 heterocycles. The Labute approximate surface area is 89.3 Å². The molecule has 0 amide bonds. The van der Waals surface area contributed by atoms with Crippen LogP contribution in [0.4, 0.5) is 0 Å². The first-order chi connectivity index (χ1) is 6.47. The lowest BCUT2D eigenvalue weighted by molar-refractivity contribution is -0.0163. The van der Waals surface area contributed by atoms with E-state index >= 15 is 0 Å². The van der Waals surface area contributed by atoms with Crippen LogP contribution in [0.5, 0.6) is 0 Å². The largest absolute Gasteiger partial charge is 0.377 e. The number of hydrogen-bond acceptors (Lipinski definition) is 1. The molecule has 78 valence electrons. The van der Waals surface area contributed by atoms with Crippen LogP contribution in [0.15, 0.2) is 30.3 Å². The Hall–Kier alpha value is -0.603. The summed E-state index contributed by atoms with van der Waals surface area (Å²) in [5.41, 5.74) is 0.402. The molecule has 0 bridgehead atoms. The van der Waals surface area contributed by atoms with Gasteiger partial charge in [-0.2, -0.15) is 0 Å². The van der Waals surface area contributed by atoms with Gasteiger partial charge in [-0.1, -0.05) is 35.5 Å². The van der Waals surface area contributed by atoms with Crippen LogP contribution in [0.2, 0.25) is 0 Å². The maximum Gasteiger partial charge on any atom is 0.0884 e. The summed E-state index contributed by atoms with van der Waals surface area (Å²) in [6.07, 6.45) is 0. The Kier molecular flexibility index (Phi) is 3.90. The zero-order valence-corrected chi connectivity index (χ0v) is 11.0. The molecule has 0 aliphatic carbocycles. The van der Waals surface area contributed by atoms with Crippen LogP contribution >= 0.6 is 0 Å². The Balaban J connectivity index is 2.46. The van der Waals surface area contributed by atoms with Gasteiger partial charge in [0.15, 0.2) is 0 Å². The smallest absolute Gasteiger partial charge is 0.0884 e. The van der Waals surface area contributed by atoms with Crippen LogP contribution in [0.3, 0.4) is 0 Å². The van der Waals surface area contributed by atoms with Crippen molar-refractivity contribution >= 4 is 14.7 Å². The predicted octanol–water partition coefficient (Wildman–Crippen LogP) is 1.64. The molecular weight excluding hydrogens is 188 g/mol. The fourth-order valence-corrected chi connectivity index (χ4v) is 3.38. The molecule has 1 nitrogen and oxygen atoms in total. The minimum Gasteiger partial charge on any atom is -0.377 e. The van der Waals surface area contributed by atoms with Crippen molar-refractivity contribution in [3.05, 3.63) is 30.3 Å². The van der Waals surface area contributed by atoms with Gasteiger partial charge in [0.05, 0.1) is 15.1 Å². The number of hydrogen-bond donors (Lipinski definition) is 0. The molecule has 0 fully saturated rings. The van der Waals surface area contributed by atoms with Crippen molar-refractivity contribution in [2.24, 2.45) is 0 Å². The summed E-state index contributed by atoms with van der Waals surface area (Å²) in [4.78, 5) is 0. The van der Waals surface area contributed by atoms with E-state index in [1.807, 2.05) is 0 Å². The maximum absolute atomic E-state index is 5.90. The topological polar surface area (TPSA) is 9.23 Å². The molecular formula is C12H20OSi. The third-order valence-corrected chi connectivity index (χ3v) is 3.61. The molecule has 0 aliphatic heterocycles. The fraction of sp³-hybridized carbons (Fsp3) is 0.500. The second kappa shape index (κ2) is 4.76. The molecule has 0 radical (unpaired) electrons. The van der Waals surface area contributed by atoms with Crippen LogP contribution in [-0.2, 0) is 4.74 Å². The summed E-state index contributed by atoms with van der Waals surface area (Å²) in [5, 5.41) is 1.48. The average Bonchev–Trinajstić information content (AvgIpc) is 2.02. The van der Waals surface area contributed by atoms with Gasteiger partial charge in [0.25, 0.3) is 0 Å². The Morgan fingerprint density at radius 2 is 1.71 bits per heavy atom. The molecule has 0 saturated carbocycles. The maximum atomic E-state index is 5.90. The van der Waals surface area contributed by atoms with Crippen molar-refractivity contribution < 1.29 is 4.74 Å². The third-order valence-electron chi connectivity index (χ3n) is 1.92. The van der Waals surface area contributed by atoms with Gasteiger partial charge in [0.1, 0.15) is 0 Å². The molecule has 1 rings (SSSR count). The third kappa shape index (κ3) is 4.58. The lowest BCUT2D eigenvalue weighted by Crippen LogP contribution is -2.34. The first kappa shape index (κ1) is 11.5. The van der Waals surface area contributed by atoms with Crippen LogP contribution in [0.1, 0.15) is 27.7 Å². The lowest BCUT2D eigenvalue weighted by Gasteiger charge is -2.24. The summed E-state index contributed by atoms with van der Waals surface area (Å²) in [6.45, 7) is 8.53. The van der Waals surface area contributed by atoms with Gasteiger partial charge in [0.2, 0.25) is 0 Å². The van der Waals surface area contributed by atoms with Gasteiger partial charge in [-0.3, -0.25) is 0 Å². The fourth-order valence-electron chi connectivity index (χ4n) is 1.59. The highest BCUT2D eigenvalue weighted by atomic mass is 28.2. The highest BCUT2D eigenvalue weighted by molar-refractivity contribution is 6.54. The van der Waals surface area contributed by atoms with E-state index in [0.29, 0.717) is 5.73 Å². The Bertz CT molecular complexity index is 263. The lowest BCUT2D eigenvalue weighted by atomic mass is 10.2. The standard InChI is InChI=1S/C12H20OSi/c1-10(13-12(2,3)4)14-11-8-6-5-7-9-11/h5-10H,14H2,1-4H3. The van der Waals surface area contributed by atoms with Gasteiger partial charge >= 0.3 is 0 Å². The normalized spacial score (nSPS) is 14.9. The van der Waals surface area contributed by atoms with Gasteiger partial charge in [-0.25, -0.2) is 0 Å². The van der Waals surface area contributed by atoms with E-state index in [4.69, 9.17) is 4.74 Å². The number of rotatable bonds is 3. The van der Waals surface area contributed by atoms with Crippen LogP contribution in [-0.4, -0.2) is 20.8 Å². The van der Waals surface area contributed by atoms with Gasteiger partial charge in [0, 0.05) is 5.73 Å². The first-order valence-corrected chi connectivity index (χ1v) is 6.71. The van der Waals surface area contributed by atoms with Crippen LogP contribution < -0.4 is 5.19 Å². The van der Waals surface area contributed by atoms with Crippen molar-refractivity contribution in [1.29, 1.82) is 0 Å². The molecule has 14 heavy (non-hydrogen) atoms. The molecule has 1 unspecified atom stereocenters. The van der Waals surface area contributed by atoms with Crippen molar-refractivity contribution in [2.75, 3.05) is 0 Å². The van der Waals surface area contributed by atoms with E-state index in [-0.39, 0.29) is 15.1 Å². The molecule has 0 aliphatic rings. The summed E-state index contributed by atoms with van der Waals surface area (Å²) in [7, 11) is -0.289. The molecule has 0 aromatic heterocycles. The summed E-state index contributed by atoms with van der Waals surface area (Å²) >= 11 is 0. The van der Waals surface area contributed by atoms with E-state index in [0.717, 1.165) is 0 Å². The summed E-state index contributed by atoms with van der Waals surface area (Å²) < 4.78 is 5.90. The Morgan fingerprint density at radius 1 is 1.14 bits per heavy atom. The molecule has 0 saturated heterocycles. The highest BCUT2D eigenvalue weighted by Crippen LogP contribution is 2.09. The molecule has 0 spiro atoms. The van der Waals surface area contributed by atoms with Crippen molar-refractivity contribution in [3.63, 3.8) is 0 Å². The molecule has 1 aromatic carbocycles. The first-order valence-electron chi connectivity index (χ1n) is 5.19. The van der Waals surface area contributed by atoms with Crippen LogP contribution in [0.25, 0.3) is 0 Å². The minimum absolute atomic E-state index is 0.0127. The van der Waals surface area contributed by atoms with E-state index in [2.05, 4.69) is 58.0 Å². The predicted molar refractivity (Wildman–Crippen MR) is 64.9 cm³/mol. The Morgan fingerprint density at radius 3 is 2.21 bits per heavy atom. The zero-order chi connectivity index (χ0) is 10.6. The molecule has 1 aromatic rings. The van der Waals surface area contributed by atoms with E-state index in [1.54, 1.807) is 0 Å². The molecule has 1 atom stereocenters. The van der Waals surface area contributed by atoms with Crippen molar-refractivity contribution in [3.8, 4) is 0 Å². The van der Waals surface area contributed by atoms with E-state index in [9.17, 15) is 0 Å². The summed E-state index contributed by atoms with van der Waals surface area (Å²) in [6, 6.07) is 10.7. The van der Waals surface area contributed by atoms with Crippen LogP contribution in [0, 0.1) is 0 Å². The molecule has 0 N–H and O–H groups in total. The average molecular weight is 208 g/mol. The number of ether oxygens (including phenoxy) is 1. The second-order valence-corrected chi connectivity index (χ2v) is 7.11. The van der Waals surface area contributed by atoms with Gasteiger partial charge in [-0.15, -0.1) is 0 Å².